The lowest BCUT2D eigenvalue weighted by molar-refractivity contribution is -0.140. The zero-order chi connectivity index (χ0) is 18.0. The number of carbonyl (C=O) groups is 1. The molecule has 0 amide bonds. The lowest BCUT2D eigenvalue weighted by atomic mass is 10.1. The van der Waals surface area contributed by atoms with Crippen molar-refractivity contribution in [3.63, 3.8) is 0 Å². The molecule has 25 heavy (non-hydrogen) atoms. The van der Waals surface area contributed by atoms with Gasteiger partial charge in [0.1, 0.15) is 10.3 Å². The number of carboxylic acid groups (broad SMARTS) is 1. The van der Waals surface area contributed by atoms with E-state index in [1.54, 1.807) is 6.07 Å². The fourth-order valence-corrected chi connectivity index (χ4v) is 5.63. The molecule has 1 saturated heterocycles. The third-order valence-electron chi connectivity index (χ3n) is 4.01. The fourth-order valence-electron chi connectivity index (χ4n) is 2.69. The summed E-state index contributed by atoms with van der Waals surface area (Å²) in [6.07, 6.45) is 0.904. The Hall–Kier alpha value is -2.14. The molecule has 0 radical (unpaired) electrons. The Labute approximate surface area is 151 Å². The van der Waals surface area contributed by atoms with E-state index < -0.39 is 22.0 Å². The van der Waals surface area contributed by atoms with Crippen LogP contribution in [0.1, 0.15) is 28.8 Å². The molecule has 0 unspecified atom stereocenters. The number of rotatable bonds is 3. The topological polar surface area (TPSA) is 74.7 Å². The highest BCUT2D eigenvalue weighted by molar-refractivity contribution is 7.91. The van der Waals surface area contributed by atoms with Crippen LogP contribution >= 0.6 is 11.3 Å². The predicted molar refractivity (Wildman–Crippen MR) is 96.0 cm³/mol. The number of aryl methyl sites for hydroxylation is 1. The van der Waals surface area contributed by atoms with E-state index in [0.29, 0.717) is 17.7 Å². The first-order chi connectivity index (χ1) is 11.9. The summed E-state index contributed by atoms with van der Waals surface area (Å²) in [5.74, 6) is 4.87. The number of hydrogen-bond acceptors (Lipinski definition) is 4. The van der Waals surface area contributed by atoms with Crippen LogP contribution in [0, 0.1) is 18.8 Å². The van der Waals surface area contributed by atoms with Gasteiger partial charge in [-0.1, -0.05) is 29.5 Å². The van der Waals surface area contributed by atoms with Crippen molar-refractivity contribution in [2.75, 3.05) is 6.54 Å². The number of sulfonamides is 1. The minimum atomic E-state index is -3.80. The normalized spacial score (nSPS) is 17.9. The van der Waals surface area contributed by atoms with Crippen molar-refractivity contribution in [2.24, 2.45) is 0 Å². The molecule has 2 aromatic rings. The molecular formula is C18H17NO4S2. The van der Waals surface area contributed by atoms with Crippen LogP contribution in [0.4, 0.5) is 0 Å². The summed E-state index contributed by atoms with van der Waals surface area (Å²) in [5, 5.41) is 9.20. The SMILES string of the molecule is Cc1ccc(C#Cc2ccc(S(=O)(=O)N3CCC[C@@H]3C(=O)O)s2)cc1. The summed E-state index contributed by atoms with van der Waals surface area (Å²) in [6.45, 7) is 2.23. The summed E-state index contributed by atoms with van der Waals surface area (Å²) in [7, 11) is -3.80. The van der Waals surface area contributed by atoms with Crippen molar-refractivity contribution < 1.29 is 18.3 Å². The lowest BCUT2D eigenvalue weighted by Gasteiger charge is -2.19. The van der Waals surface area contributed by atoms with Crippen LogP contribution in [0.15, 0.2) is 40.6 Å². The van der Waals surface area contributed by atoms with Crippen molar-refractivity contribution >= 4 is 27.3 Å². The smallest absolute Gasteiger partial charge is 0.322 e. The van der Waals surface area contributed by atoms with Gasteiger partial charge in [0.15, 0.2) is 0 Å². The number of thiophene rings is 1. The second-order valence-electron chi connectivity index (χ2n) is 5.85. The average Bonchev–Trinajstić information content (AvgIpc) is 3.24. The minimum absolute atomic E-state index is 0.133. The van der Waals surface area contributed by atoms with Gasteiger partial charge in [0.25, 0.3) is 10.0 Å². The van der Waals surface area contributed by atoms with Crippen LogP contribution in [0.5, 0.6) is 0 Å². The van der Waals surface area contributed by atoms with Crippen LogP contribution < -0.4 is 0 Å². The van der Waals surface area contributed by atoms with E-state index in [9.17, 15) is 18.3 Å². The average molecular weight is 375 g/mol. The molecule has 7 heteroatoms. The molecule has 0 saturated carbocycles. The number of carboxylic acids is 1. The zero-order valence-electron chi connectivity index (χ0n) is 13.6. The molecular weight excluding hydrogens is 358 g/mol. The quantitative estimate of drug-likeness (QED) is 0.837. The highest BCUT2D eigenvalue weighted by Gasteiger charge is 2.40. The number of nitrogens with zero attached hydrogens (tertiary/aromatic N) is 1. The van der Waals surface area contributed by atoms with Gasteiger partial charge in [0.2, 0.25) is 0 Å². The van der Waals surface area contributed by atoms with E-state index in [2.05, 4.69) is 11.8 Å². The van der Waals surface area contributed by atoms with E-state index in [1.165, 1.54) is 6.07 Å². The maximum Gasteiger partial charge on any atom is 0.322 e. The van der Waals surface area contributed by atoms with Gasteiger partial charge in [-0.05, 0) is 44.0 Å². The molecule has 0 spiro atoms. The van der Waals surface area contributed by atoms with Gasteiger partial charge in [-0.2, -0.15) is 4.31 Å². The summed E-state index contributed by atoms with van der Waals surface area (Å²) in [5.41, 5.74) is 2.00. The summed E-state index contributed by atoms with van der Waals surface area (Å²) >= 11 is 1.07. The Morgan fingerprint density at radius 1 is 1.20 bits per heavy atom. The number of aliphatic carboxylic acids is 1. The van der Waals surface area contributed by atoms with Gasteiger partial charge < -0.3 is 5.11 Å². The molecule has 0 aliphatic carbocycles. The highest BCUT2D eigenvalue weighted by Crippen LogP contribution is 2.30. The van der Waals surface area contributed by atoms with Gasteiger partial charge in [-0.15, -0.1) is 11.3 Å². The first-order valence-corrected chi connectivity index (χ1v) is 10.1. The van der Waals surface area contributed by atoms with Crippen LogP contribution in [0.2, 0.25) is 0 Å². The Kier molecular flexibility index (Phi) is 4.95. The first-order valence-electron chi connectivity index (χ1n) is 7.81. The molecule has 130 valence electrons. The number of benzene rings is 1. The van der Waals surface area contributed by atoms with Crippen molar-refractivity contribution in [3.05, 3.63) is 52.4 Å². The van der Waals surface area contributed by atoms with Gasteiger partial charge in [-0.3, -0.25) is 4.79 Å². The van der Waals surface area contributed by atoms with Crippen molar-refractivity contribution in [2.45, 2.75) is 30.0 Å². The highest BCUT2D eigenvalue weighted by atomic mass is 32.2. The first kappa shape index (κ1) is 17.7. The third kappa shape index (κ3) is 3.76. The summed E-state index contributed by atoms with van der Waals surface area (Å²) in [4.78, 5) is 11.9. The standard InChI is InChI=1S/C18H17NO4S2/c1-13-4-6-14(7-5-13)8-9-15-10-11-17(24-15)25(22,23)19-12-2-3-16(19)18(20)21/h4-7,10-11,16H,2-3,12H2,1H3,(H,20,21)/t16-/m1/s1. The second kappa shape index (κ2) is 7.00. The van der Waals surface area contributed by atoms with Crippen molar-refractivity contribution in [3.8, 4) is 11.8 Å². The summed E-state index contributed by atoms with van der Waals surface area (Å²) < 4.78 is 26.6. The molecule has 1 aliphatic rings. The van der Waals surface area contributed by atoms with Crippen molar-refractivity contribution in [1.29, 1.82) is 0 Å². The Balaban J connectivity index is 1.83. The van der Waals surface area contributed by atoms with Gasteiger partial charge in [0, 0.05) is 12.1 Å². The largest absolute Gasteiger partial charge is 0.480 e. The predicted octanol–water partition coefficient (Wildman–Crippen LogP) is 2.69. The van der Waals surface area contributed by atoms with Crippen LogP contribution in [-0.4, -0.2) is 36.4 Å². The van der Waals surface area contributed by atoms with Crippen molar-refractivity contribution in [1.82, 2.24) is 4.31 Å². The fraction of sp³-hybridized carbons (Fsp3) is 0.278. The molecule has 0 bridgehead atoms. The Morgan fingerprint density at radius 3 is 2.60 bits per heavy atom. The lowest BCUT2D eigenvalue weighted by Crippen LogP contribution is -2.40. The van der Waals surface area contributed by atoms with Gasteiger partial charge >= 0.3 is 5.97 Å². The van der Waals surface area contributed by atoms with E-state index in [1.807, 2.05) is 31.2 Å². The van der Waals surface area contributed by atoms with Gasteiger partial charge in [0.05, 0.1) is 4.88 Å². The number of hydrogen-bond donors (Lipinski definition) is 1. The molecule has 1 fully saturated rings. The maximum atomic E-state index is 12.7. The maximum absolute atomic E-state index is 12.7. The van der Waals surface area contributed by atoms with E-state index in [0.717, 1.165) is 26.8 Å². The molecule has 1 aromatic carbocycles. The molecule has 5 nitrogen and oxygen atoms in total. The Morgan fingerprint density at radius 2 is 1.92 bits per heavy atom. The molecule has 1 atom stereocenters. The molecule has 1 aliphatic heterocycles. The van der Waals surface area contributed by atoms with Crippen LogP contribution in [0.25, 0.3) is 0 Å². The van der Waals surface area contributed by atoms with Crippen LogP contribution in [0.3, 0.4) is 0 Å². The molecule has 1 N–H and O–H groups in total. The molecule has 2 heterocycles. The second-order valence-corrected chi connectivity index (χ2v) is 9.05. The van der Waals surface area contributed by atoms with Crippen LogP contribution in [-0.2, 0) is 14.8 Å². The van der Waals surface area contributed by atoms with E-state index >= 15 is 0 Å². The van der Waals surface area contributed by atoms with Gasteiger partial charge in [-0.25, -0.2) is 8.42 Å². The zero-order valence-corrected chi connectivity index (χ0v) is 15.2. The summed E-state index contributed by atoms with van der Waals surface area (Å²) in [6, 6.07) is 9.93. The van der Waals surface area contributed by atoms with E-state index in [-0.39, 0.29) is 10.8 Å². The van der Waals surface area contributed by atoms with E-state index in [4.69, 9.17) is 0 Å². The molecule has 3 rings (SSSR count). The molecule has 1 aromatic heterocycles. The minimum Gasteiger partial charge on any atom is -0.480 e. The Bertz CT molecular complexity index is 949. The monoisotopic (exact) mass is 375 g/mol. The third-order valence-corrected chi connectivity index (χ3v) is 7.39.